The smallest absolute Gasteiger partial charge is 0.566 e. The molecule has 0 amide bonds. The normalized spacial score (nSPS) is 10.7. The molecule has 0 saturated heterocycles. The summed E-state index contributed by atoms with van der Waals surface area (Å²) in [6.45, 7) is 2.49. The van der Waals surface area contributed by atoms with Crippen molar-refractivity contribution in [3.8, 4) is 0 Å². The minimum Gasteiger partial charge on any atom is -0.566 e. The fraction of sp³-hybridized carbons (Fsp3) is 1.00. The fourth-order valence-electron chi connectivity index (χ4n) is 0.845. The van der Waals surface area contributed by atoms with Gasteiger partial charge in [-0.3, -0.25) is 0 Å². The Balaban J connectivity index is 0. The van der Waals surface area contributed by atoms with Crippen LogP contribution in [-0.4, -0.2) is 6.61 Å². The topological polar surface area (TPSA) is 49.4 Å². The van der Waals surface area contributed by atoms with Crippen molar-refractivity contribution >= 4 is 8.25 Å². The predicted molar refractivity (Wildman–Crippen MR) is 42.3 cm³/mol. The van der Waals surface area contributed by atoms with E-state index >= 15 is 0 Å². The second-order valence-electron chi connectivity index (χ2n) is 2.47. The van der Waals surface area contributed by atoms with Crippen molar-refractivity contribution in [1.82, 2.24) is 0 Å². The standard InChI is InChI=1S/C7H15O3P.Nd/c1-2-3-4-5-6-7-10-11(8)9;/h2-7H2,1H3;/q;+3. The van der Waals surface area contributed by atoms with E-state index < -0.39 is 8.25 Å². The van der Waals surface area contributed by atoms with Crippen molar-refractivity contribution in [3.05, 3.63) is 0 Å². The summed E-state index contributed by atoms with van der Waals surface area (Å²) >= 11 is 0. The molecule has 1 atom stereocenters. The van der Waals surface area contributed by atoms with E-state index in [1.165, 1.54) is 19.3 Å². The van der Waals surface area contributed by atoms with E-state index in [2.05, 4.69) is 11.4 Å². The second kappa shape index (κ2) is 12.4. The van der Waals surface area contributed by atoms with Gasteiger partial charge in [0.15, 0.2) is 0 Å². The summed E-state index contributed by atoms with van der Waals surface area (Å²) in [7, 11) is -2.62. The molecule has 0 aliphatic rings. The molecule has 0 fully saturated rings. The first kappa shape index (κ1) is 15.8. The minimum absolute atomic E-state index is 0. The van der Waals surface area contributed by atoms with E-state index in [-0.39, 0.29) is 40.8 Å². The Bertz CT molecular complexity index is 111. The van der Waals surface area contributed by atoms with Crippen LogP contribution in [0.15, 0.2) is 0 Å². The quantitative estimate of drug-likeness (QED) is 0.532. The van der Waals surface area contributed by atoms with Crippen LogP contribution in [0.25, 0.3) is 0 Å². The molecule has 0 aromatic rings. The number of hydrogen-bond donors (Lipinski definition) is 0. The molecular formula is C7H15NdO3P+3. The SMILES string of the molecule is CCCCCCCO[P+](=O)[O-].[Nd+3]. The van der Waals surface area contributed by atoms with Crippen LogP contribution in [0, 0.1) is 40.8 Å². The first-order chi connectivity index (χ1) is 5.27. The Morgan fingerprint density at radius 3 is 2.33 bits per heavy atom. The predicted octanol–water partition coefficient (Wildman–Crippen LogP) is 1.99. The van der Waals surface area contributed by atoms with Gasteiger partial charge in [-0.25, -0.2) is 0 Å². The molecule has 0 bridgehead atoms. The third-order valence-electron chi connectivity index (χ3n) is 1.44. The molecule has 5 heteroatoms. The molecule has 67 valence electrons. The van der Waals surface area contributed by atoms with Gasteiger partial charge in [-0.05, 0) is 11.0 Å². The zero-order valence-corrected chi connectivity index (χ0v) is 11.5. The summed E-state index contributed by atoms with van der Waals surface area (Å²) in [4.78, 5) is 9.90. The van der Waals surface area contributed by atoms with E-state index in [1.807, 2.05) is 0 Å². The Morgan fingerprint density at radius 1 is 1.25 bits per heavy atom. The Morgan fingerprint density at radius 2 is 1.83 bits per heavy atom. The van der Waals surface area contributed by atoms with Crippen molar-refractivity contribution in [2.75, 3.05) is 6.61 Å². The van der Waals surface area contributed by atoms with Gasteiger partial charge in [-0.2, -0.15) is 0 Å². The average Bonchev–Trinajstić information content (AvgIpc) is 1.96. The van der Waals surface area contributed by atoms with Gasteiger partial charge in [0, 0.05) is 0 Å². The van der Waals surface area contributed by atoms with E-state index in [9.17, 15) is 9.46 Å². The maximum Gasteiger partial charge on any atom is 3.00 e. The van der Waals surface area contributed by atoms with Crippen LogP contribution in [0.4, 0.5) is 0 Å². The molecular weight excluding hydrogens is 307 g/mol. The van der Waals surface area contributed by atoms with Crippen molar-refractivity contribution in [2.24, 2.45) is 0 Å². The van der Waals surface area contributed by atoms with Crippen LogP contribution in [-0.2, 0) is 9.09 Å². The fourth-order valence-corrected chi connectivity index (χ4v) is 1.12. The average molecular weight is 322 g/mol. The van der Waals surface area contributed by atoms with Gasteiger partial charge in [-0.1, -0.05) is 32.6 Å². The molecule has 1 unspecified atom stereocenters. The van der Waals surface area contributed by atoms with E-state index in [4.69, 9.17) is 0 Å². The van der Waals surface area contributed by atoms with Crippen molar-refractivity contribution < 1.29 is 54.8 Å². The molecule has 1 radical (unpaired) electrons. The summed E-state index contributed by atoms with van der Waals surface area (Å²) in [5, 5.41) is 0. The minimum atomic E-state index is -2.62. The van der Waals surface area contributed by atoms with Gasteiger partial charge >= 0.3 is 49.1 Å². The molecule has 12 heavy (non-hydrogen) atoms. The summed E-state index contributed by atoms with van der Waals surface area (Å²) in [6.07, 6.45) is 5.52. The van der Waals surface area contributed by atoms with Gasteiger partial charge < -0.3 is 4.89 Å². The van der Waals surface area contributed by atoms with Crippen LogP contribution >= 0.6 is 8.25 Å². The molecule has 0 aromatic carbocycles. The molecule has 0 aromatic heterocycles. The summed E-state index contributed by atoms with van der Waals surface area (Å²) in [6, 6.07) is 0. The first-order valence-corrected chi connectivity index (χ1v) is 5.14. The van der Waals surface area contributed by atoms with Crippen LogP contribution in [0.2, 0.25) is 0 Å². The molecule has 0 rings (SSSR count). The Kier molecular flexibility index (Phi) is 16.3. The second-order valence-corrected chi connectivity index (χ2v) is 3.18. The molecule has 3 nitrogen and oxygen atoms in total. The molecule has 0 saturated carbocycles. The largest absolute Gasteiger partial charge is 3.00 e. The first-order valence-electron chi connectivity index (χ1n) is 4.04. The van der Waals surface area contributed by atoms with E-state index in [0.717, 1.165) is 12.8 Å². The number of rotatable bonds is 7. The molecule has 0 heterocycles. The Labute approximate surface area is 108 Å². The summed E-state index contributed by atoms with van der Waals surface area (Å²) < 4.78 is 14.3. The maximum atomic E-state index is 9.90. The van der Waals surface area contributed by atoms with Crippen LogP contribution < -0.4 is 4.89 Å². The van der Waals surface area contributed by atoms with Crippen LogP contribution in [0.1, 0.15) is 39.0 Å². The van der Waals surface area contributed by atoms with Crippen LogP contribution in [0.5, 0.6) is 0 Å². The molecule has 0 spiro atoms. The van der Waals surface area contributed by atoms with Gasteiger partial charge in [0.05, 0.1) is 0 Å². The van der Waals surface area contributed by atoms with Gasteiger partial charge in [0.25, 0.3) is 0 Å². The molecule has 0 aliphatic carbocycles. The molecule has 0 N–H and O–H groups in total. The summed E-state index contributed by atoms with van der Waals surface area (Å²) in [5.41, 5.74) is 0. The number of unbranched alkanes of at least 4 members (excludes halogenated alkanes) is 4. The maximum absolute atomic E-state index is 9.90. The number of hydrogen-bond acceptors (Lipinski definition) is 3. The van der Waals surface area contributed by atoms with Crippen molar-refractivity contribution in [2.45, 2.75) is 39.0 Å². The van der Waals surface area contributed by atoms with Gasteiger partial charge in [0.2, 0.25) is 0 Å². The van der Waals surface area contributed by atoms with Gasteiger partial charge in [-0.15, -0.1) is 4.52 Å². The molecule has 0 aliphatic heterocycles. The van der Waals surface area contributed by atoms with Gasteiger partial charge in [0.1, 0.15) is 6.61 Å². The summed E-state index contributed by atoms with van der Waals surface area (Å²) in [5.74, 6) is 0. The van der Waals surface area contributed by atoms with E-state index in [0.29, 0.717) is 6.61 Å². The van der Waals surface area contributed by atoms with E-state index in [1.54, 1.807) is 0 Å². The Hall–Kier alpha value is 1.37. The monoisotopic (exact) mass is 320 g/mol. The zero-order valence-electron chi connectivity index (χ0n) is 7.41. The van der Waals surface area contributed by atoms with Crippen LogP contribution in [0.3, 0.4) is 0 Å². The van der Waals surface area contributed by atoms with Crippen molar-refractivity contribution in [3.63, 3.8) is 0 Å². The zero-order chi connectivity index (χ0) is 8.53. The third-order valence-corrected chi connectivity index (χ3v) is 1.84. The third kappa shape index (κ3) is 13.9. The van der Waals surface area contributed by atoms with Crippen molar-refractivity contribution in [1.29, 1.82) is 0 Å².